The van der Waals surface area contributed by atoms with Crippen LogP contribution in [-0.4, -0.2) is 59.1 Å². The molecule has 1 aromatic carbocycles. The van der Waals surface area contributed by atoms with Gasteiger partial charge in [0.15, 0.2) is 5.82 Å². The number of carbonyl (C=O) groups is 2. The number of carbonyl (C=O) groups excluding carboxylic acids is 2. The van der Waals surface area contributed by atoms with Gasteiger partial charge in [-0.05, 0) is 61.6 Å². The van der Waals surface area contributed by atoms with Crippen LogP contribution in [0.1, 0.15) is 50.1 Å². The minimum Gasteiger partial charge on any atom is -0.353 e. The predicted molar refractivity (Wildman–Crippen MR) is 129 cm³/mol. The van der Waals surface area contributed by atoms with Crippen LogP contribution in [-0.2, 0) is 0 Å². The van der Waals surface area contributed by atoms with Crippen molar-refractivity contribution in [3.63, 3.8) is 0 Å². The zero-order valence-electron chi connectivity index (χ0n) is 18.7. The summed E-state index contributed by atoms with van der Waals surface area (Å²) in [5.74, 6) is 0.349. The van der Waals surface area contributed by atoms with Gasteiger partial charge in [-0.1, -0.05) is 12.1 Å². The Labute approximate surface area is 201 Å². The molecule has 2 aliphatic rings. The highest BCUT2D eigenvalue weighted by atomic mass is 32.1. The Balaban J connectivity index is 1.14. The molecule has 1 N–H and O–H groups in total. The molecule has 2 saturated heterocycles. The maximum Gasteiger partial charge on any atom is 0.261 e. The maximum absolute atomic E-state index is 14.0. The van der Waals surface area contributed by atoms with Crippen molar-refractivity contribution in [1.29, 1.82) is 0 Å². The molecule has 3 aromatic rings. The van der Waals surface area contributed by atoms with Crippen molar-refractivity contribution in [3.05, 3.63) is 75.9 Å². The van der Waals surface area contributed by atoms with Gasteiger partial charge in [-0.15, -0.1) is 16.4 Å². The molecule has 1 atom stereocenters. The van der Waals surface area contributed by atoms with E-state index in [-0.39, 0.29) is 23.4 Å². The number of hydrogen-bond donors (Lipinski definition) is 1. The number of anilines is 1. The largest absolute Gasteiger partial charge is 0.353 e. The van der Waals surface area contributed by atoms with Gasteiger partial charge in [-0.25, -0.2) is 4.39 Å². The molecule has 2 aliphatic heterocycles. The van der Waals surface area contributed by atoms with Gasteiger partial charge in [0.05, 0.1) is 10.4 Å². The van der Waals surface area contributed by atoms with E-state index in [1.165, 1.54) is 23.5 Å². The predicted octanol–water partition coefficient (Wildman–Crippen LogP) is 3.71. The van der Waals surface area contributed by atoms with Crippen LogP contribution >= 0.6 is 11.3 Å². The molecule has 176 valence electrons. The summed E-state index contributed by atoms with van der Waals surface area (Å²) >= 11 is 1.53. The van der Waals surface area contributed by atoms with E-state index in [0.717, 1.165) is 43.0 Å². The van der Waals surface area contributed by atoms with E-state index < -0.39 is 5.82 Å². The van der Waals surface area contributed by atoms with Crippen LogP contribution in [0, 0.1) is 5.82 Å². The summed E-state index contributed by atoms with van der Waals surface area (Å²) in [7, 11) is 0. The van der Waals surface area contributed by atoms with Crippen LogP contribution in [0.2, 0.25) is 0 Å². The number of amides is 2. The van der Waals surface area contributed by atoms with Crippen molar-refractivity contribution in [2.45, 2.75) is 31.2 Å². The van der Waals surface area contributed by atoms with Gasteiger partial charge < -0.3 is 15.1 Å². The summed E-state index contributed by atoms with van der Waals surface area (Å²) in [6, 6.07) is 13.9. The first-order valence-electron chi connectivity index (χ1n) is 11.6. The number of nitrogens with one attached hydrogen (secondary N) is 1. The highest BCUT2D eigenvalue weighted by Gasteiger charge is 2.28. The SMILES string of the molecule is O=C(NC1CCN(c2cccnn2)C1)c1ccc(C2CCN(C(=O)c3ccccc3F)CC2)s1. The van der Waals surface area contributed by atoms with Crippen LogP contribution in [0.4, 0.5) is 10.2 Å². The second-order valence-corrected chi connectivity index (χ2v) is 9.85. The number of aromatic nitrogens is 2. The lowest BCUT2D eigenvalue weighted by atomic mass is 9.95. The molecule has 5 rings (SSSR count). The molecule has 0 aliphatic carbocycles. The number of hydrogen-bond acceptors (Lipinski definition) is 6. The maximum atomic E-state index is 14.0. The molecule has 2 fully saturated rings. The highest BCUT2D eigenvalue weighted by molar-refractivity contribution is 7.14. The number of piperidine rings is 1. The number of halogens is 1. The Morgan fingerprint density at radius 2 is 1.82 bits per heavy atom. The van der Waals surface area contributed by atoms with Crippen LogP contribution in [0.15, 0.2) is 54.7 Å². The quantitative estimate of drug-likeness (QED) is 0.604. The molecular weight excluding hydrogens is 453 g/mol. The lowest BCUT2D eigenvalue weighted by molar-refractivity contribution is 0.0709. The average Bonchev–Trinajstić information content (AvgIpc) is 3.55. The van der Waals surface area contributed by atoms with Gasteiger partial charge in [0.1, 0.15) is 5.82 Å². The fourth-order valence-electron chi connectivity index (χ4n) is 4.67. The van der Waals surface area contributed by atoms with Crippen molar-refractivity contribution >= 4 is 29.0 Å². The van der Waals surface area contributed by atoms with Crippen molar-refractivity contribution in [3.8, 4) is 0 Å². The standard InChI is InChI=1S/C25H26FN5O2S/c26-20-5-2-1-4-19(20)25(33)30-13-9-17(10-14-30)21-7-8-22(34-21)24(32)28-18-11-15-31(16-18)23-6-3-12-27-29-23/h1-8,12,17-18H,9-11,13-16H2,(H,28,32). The first-order chi connectivity index (χ1) is 16.6. The van der Waals surface area contributed by atoms with Gasteiger partial charge in [-0.2, -0.15) is 5.10 Å². The molecular formula is C25H26FN5O2S. The highest BCUT2D eigenvalue weighted by Crippen LogP contribution is 2.33. The third kappa shape index (κ3) is 4.79. The van der Waals surface area contributed by atoms with Crippen molar-refractivity contribution < 1.29 is 14.0 Å². The Morgan fingerprint density at radius 1 is 1.00 bits per heavy atom. The molecule has 7 nitrogen and oxygen atoms in total. The molecule has 4 heterocycles. The van der Waals surface area contributed by atoms with E-state index in [0.29, 0.717) is 23.9 Å². The fourth-order valence-corrected chi connectivity index (χ4v) is 5.75. The van der Waals surface area contributed by atoms with Crippen LogP contribution in [0.25, 0.3) is 0 Å². The van der Waals surface area contributed by atoms with Gasteiger partial charge in [0, 0.05) is 43.3 Å². The minimum atomic E-state index is -0.481. The van der Waals surface area contributed by atoms with Crippen molar-refractivity contribution in [1.82, 2.24) is 20.4 Å². The van der Waals surface area contributed by atoms with Gasteiger partial charge in [-0.3, -0.25) is 9.59 Å². The molecule has 0 bridgehead atoms. The number of benzene rings is 1. The molecule has 2 aromatic heterocycles. The first-order valence-corrected chi connectivity index (χ1v) is 12.4. The number of nitrogens with zero attached hydrogens (tertiary/aromatic N) is 4. The Hall–Kier alpha value is -3.33. The van der Waals surface area contributed by atoms with E-state index in [4.69, 9.17) is 0 Å². The molecule has 0 spiro atoms. The molecule has 1 unspecified atom stereocenters. The zero-order chi connectivity index (χ0) is 23.5. The zero-order valence-corrected chi connectivity index (χ0v) is 19.5. The summed E-state index contributed by atoms with van der Waals surface area (Å²) < 4.78 is 14.0. The second kappa shape index (κ2) is 9.89. The smallest absolute Gasteiger partial charge is 0.261 e. The summed E-state index contributed by atoms with van der Waals surface area (Å²) in [6.07, 6.45) is 4.13. The van der Waals surface area contributed by atoms with Crippen LogP contribution < -0.4 is 10.2 Å². The number of rotatable bonds is 5. The lowest BCUT2D eigenvalue weighted by Gasteiger charge is -2.31. The first kappa shape index (κ1) is 22.5. The van der Waals surface area contributed by atoms with Crippen LogP contribution in [0.3, 0.4) is 0 Å². The van der Waals surface area contributed by atoms with Crippen LogP contribution in [0.5, 0.6) is 0 Å². The van der Waals surface area contributed by atoms with E-state index in [1.807, 2.05) is 24.3 Å². The Bertz CT molecular complexity index is 1160. The molecule has 2 amide bonds. The summed E-state index contributed by atoms with van der Waals surface area (Å²) in [5.41, 5.74) is 0.126. The van der Waals surface area contributed by atoms with Gasteiger partial charge in [0.2, 0.25) is 0 Å². The van der Waals surface area contributed by atoms with Crippen molar-refractivity contribution in [2.75, 3.05) is 31.1 Å². The average molecular weight is 480 g/mol. The molecule has 0 saturated carbocycles. The third-order valence-electron chi connectivity index (χ3n) is 6.55. The van der Waals surface area contributed by atoms with E-state index in [2.05, 4.69) is 20.4 Å². The van der Waals surface area contributed by atoms with Gasteiger partial charge in [0.25, 0.3) is 11.8 Å². The van der Waals surface area contributed by atoms with E-state index in [1.54, 1.807) is 23.2 Å². The topological polar surface area (TPSA) is 78.4 Å². The monoisotopic (exact) mass is 479 g/mol. The van der Waals surface area contributed by atoms with E-state index >= 15 is 0 Å². The number of thiophene rings is 1. The fraction of sp³-hybridized carbons (Fsp3) is 0.360. The Morgan fingerprint density at radius 3 is 2.59 bits per heavy atom. The number of likely N-dealkylation sites (tertiary alicyclic amines) is 1. The van der Waals surface area contributed by atoms with Gasteiger partial charge >= 0.3 is 0 Å². The second-order valence-electron chi connectivity index (χ2n) is 8.74. The summed E-state index contributed by atoms with van der Waals surface area (Å²) in [5, 5.41) is 11.2. The molecule has 9 heteroatoms. The van der Waals surface area contributed by atoms with Crippen molar-refractivity contribution in [2.24, 2.45) is 0 Å². The Kier molecular flexibility index (Phi) is 6.53. The third-order valence-corrected chi connectivity index (χ3v) is 7.79. The lowest BCUT2D eigenvalue weighted by Crippen LogP contribution is -2.38. The van der Waals surface area contributed by atoms with E-state index in [9.17, 15) is 14.0 Å². The summed E-state index contributed by atoms with van der Waals surface area (Å²) in [6.45, 7) is 2.72. The minimum absolute atomic E-state index is 0.0468. The molecule has 34 heavy (non-hydrogen) atoms. The molecule has 0 radical (unpaired) electrons. The normalized spacial score (nSPS) is 18.8. The summed E-state index contributed by atoms with van der Waals surface area (Å²) in [4.78, 5) is 31.2.